The first-order valence-electron chi connectivity index (χ1n) is 9.22. The number of furan rings is 1. The first-order chi connectivity index (χ1) is 13.3. The Morgan fingerprint density at radius 2 is 1.89 bits per heavy atom. The number of carbonyl (C=O) groups is 1. The second-order valence-corrected chi connectivity index (χ2v) is 9.17. The quantitative estimate of drug-likeness (QED) is 0.725. The molecule has 2 heterocycles. The minimum atomic E-state index is -3.20. The smallest absolute Gasteiger partial charge is 0.235 e. The average molecular weight is 398 g/mol. The number of nitrogens with one attached hydrogen (secondary N) is 1. The van der Waals surface area contributed by atoms with E-state index in [1.165, 1.54) is 4.31 Å². The van der Waals surface area contributed by atoms with Crippen LogP contribution < -0.4 is 9.62 Å². The lowest BCUT2D eigenvalue weighted by Gasteiger charge is -2.17. The predicted molar refractivity (Wildman–Crippen MR) is 110 cm³/mol. The fourth-order valence-corrected chi connectivity index (χ4v) is 5.11. The third kappa shape index (κ3) is 3.38. The topological polar surface area (TPSA) is 79.6 Å². The minimum Gasteiger partial charge on any atom is -0.464 e. The molecule has 0 saturated carbocycles. The zero-order valence-corrected chi connectivity index (χ0v) is 16.7. The number of aryl methyl sites for hydroxylation is 2. The predicted octanol–water partition coefficient (Wildman–Crippen LogP) is 3.77. The van der Waals surface area contributed by atoms with Crippen LogP contribution in [0.4, 0.5) is 11.4 Å². The highest BCUT2D eigenvalue weighted by atomic mass is 32.2. The van der Waals surface area contributed by atoms with Gasteiger partial charge in [-0.1, -0.05) is 12.1 Å². The fraction of sp³-hybridized carbons (Fsp3) is 0.286. The molecule has 1 aliphatic rings. The van der Waals surface area contributed by atoms with E-state index in [4.69, 9.17) is 4.42 Å². The molecule has 7 heteroatoms. The van der Waals surface area contributed by atoms with Crippen molar-refractivity contribution in [2.75, 3.05) is 21.9 Å². The highest BCUT2D eigenvalue weighted by Crippen LogP contribution is 2.28. The van der Waals surface area contributed by atoms with Gasteiger partial charge in [-0.15, -0.1) is 0 Å². The highest BCUT2D eigenvalue weighted by molar-refractivity contribution is 7.93. The monoisotopic (exact) mass is 398 g/mol. The molecule has 6 nitrogen and oxygen atoms in total. The van der Waals surface area contributed by atoms with Crippen LogP contribution in [0.25, 0.3) is 11.0 Å². The molecule has 1 saturated heterocycles. The summed E-state index contributed by atoms with van der Waals surface area (Å²) in [5.41, 5.74) is 5.15. The van der Waals surface area contributed by atoms with E-state index >= 15 is 0 Å². The van der Waals surface area contributed by atoms with Crippen LogP contribution in [0.1, 0.15) is 23.1 Å². The van der Waals surface area contributed by atoms with Crippen molar-refractivity contribution < 1.29 is 17.6 Å². The van der Waals surface area contributed by atoms with E-state index in [-0.39, 0.29) is 18.1 Å². The third-order valence-corrected chi connectivity index (χ3v) is 7.10. The molecule has 1 aliphatic heterocycles. The molecule has 28 heavy (non-hydrogen) atoms. The van der Waals surface area contributed by atoms with E-state index in [1.54, 1.807) is 30.5 Å². The number of nitrogens with zero attached hydrogens (tertiary/aromatic N) is 1. The molecule has 4 rings (SSSR count). The molecular weight excluding hydrogens is 376 g/mol. The largest absolute Gasteiger partial charge is 0.464 e. The lowest BCUT2D eigenvalue weighted by molar-refractivity contribution is -0.115. The Balaban J connectivity index is 1.46. The Kier molecular flexibility index (Phi) is 4.63. The maximum absolute atomic E-state index is 12.5. The second-order valence-electron chi connectivity index (χ2n) is 7.16. The molecule has 0 bridgehead atoms. The van der Waals surface area contributed by atoms with Gasteiger partial charge in [0.05, 0.1) is 24.1 Å². The number of carbonyl (C=O) groups excluding carboxylic acids is 1. The average Bonchev–Trinajstić information content (AvgIpc) is 3.22. The van der Waals surface area contributed by atoms with E-state index in [0.29, 0.717) is 24.3 Å². The van der Waals surface area contributed by atoms with Crippen LogP contribution in [-0.2, 0) is 21.2 Å². The van der Waals surface area contributed by atoms with Crippen molar-refractivity contribution >= 4 is 38.3 Å². The number of hydrogen-bond acceptors (Lipinski definition) is 4. The molecule has 146 valence electrons. The van der Waals surface area contributed by atoms with Crippen LogP contribution >= 0.6 is 0 Å². The Labute approximate surface area is 164 Å². The zero-order valence-electron chi connectivity index (χ0n) is 15.9. The molecule has 2 aromatic carbocycles. The minimum absolute atomic E-state index is 0.150. The normalized spacial score (nSPS) is 15.9. The van der Waals surface area contributed by atoms with Gasteiger partial charge in [0, 0.05) is 23.2 Å². The standard InChI is InChI=1S/C21H22N2O4S/c1-14-4-9-19-16(13-27-21(19)15(14)2)12-20(24)22-17-5-7-18(8-6-17)23-10-3-11-28(23,25)26/h4-9,13H,3,10-12H2,1-2H3,(H,22,24). The van der Waals surface area contributed by atoms with Gasteiger partial charge in [0.1, 0.15) is 5.58 Å². The molecule has 3 aromatic rings. The van der Waals surface area contributed by atoms with E-state index in [2.05, 4.69) is 5.32 Å². The van der Waals surface area contributed by atoms with E-state index in [9.17, 15) is 13.2 Å². The molecule has 0 radical (unpaired) electrons. The molecule has 1 amide bonds. The molecule has 0 atom stereocenters. The third-order valence-electron chi connectivity index (χ3n) is 5.23. The lowest BCUT2D eigenvalue weighted by atomic mass is 10.0. The number of rotatable bonds is 4. The fourth-order valence-electron chi connectivity index (χ4n) is 3.54. The Hall–Kier alpha value is -2.80. The lowest BCUT2D eigenvalue weighted by Crippen LogP contribution is -2.25. The summed E-state index contributed by atoms with van der Waals surface area (Å²) in [6.07, 6.45) is 2.48. The summed E-state index contributed by atoms with van der Waals surface area (Å²) in [6, 6.07) is 10.9. The van der Waals surface area contributed by atoms with Gasteiger partial charge in [0.25, 0.3) is 0 Å². The Morgan fingerprint density at radius 3 is 2.57 bits per heavy atom. The molecule has 0 aliphatic carbocycles. The van der Waals surface area contributed by atoms with E-state index < -0.39 is 10.0 Å². The van der Waals surface area contributed by atoms with Crippen LogP contribution in [0.5, 0.6) is 0 Å². The first-order valence-corrected chi connectivity index (χ1v) is 10.8. The summed E-state index contributed by atoms with van der Waals surface area (Å²) in [7, 11) is -3.20. The summed E-state index contributed by atoms with van der Waals surface area (Å²) < 4.78 is 31.1. The second kappa shape index (κ2) is 6.98. The van der Waals surface area contributed by atoms with Crippen molar-refractivity contribution in [3.63, 3.8) is 0 Å². The number of hydrogen-bond donors (Lipinski definition) is 1. The number of amides is 1. The number of anilines is 2. The van der Waals surface area contributed by atoms with Crippen molar-refractivity contribution in [1.82, 2.24) is 0 Å². The van der Waals surface area contributed by atoms with Crippen molar-refractivity contribution in [3.05, 3.63) is 59.4 Å². The van der Waals surface area contributed by atoms with Crippen molar-refractivity contribution in [2.45, 2.75) is 26.7 Å². The van der Waals surface area contributed by atoms with Gasteiger partial charge in [0.15, 0.2) is 0 Å². The van der Waals surface area contributed by atoms with Gasteiger partial charge in [-0.25, -0.2) is 8.42 Å². The molecule has 1 N–H and O–H groups in total. The Bertz CT molecular complexity index is 1150. The van der Waals surface area contributed by atoms with Crippen LogP contribution in [0.2, 0.25) is 0 Å². The molecule has 0 unspecified atom stereocenters. The summed E-state index contributed by atoms with van der Waals surface area (Å²) in [5.74, 6) is 0.0332. The first kappa shape index (κ1) is 18.6. The van der Waals surface area contributed by atoms with Crippen molar-refractivity contribution in [1.29, 1.82) is 0 Å². The van der Waals surface area contributed by atoms with Crippen molar-refractivity contribution in [2.24, 2.45) is 0 Å². The summed E-state index contributed by atoms with van der Waals surface area (Å²) in [5, 5.41) is 3.81. The Morgan fingerprint density at radius 1 is 1.14 bits per heavy atom. The van der Waals surface area contributed by atoms with Gasteiger partial charge < -0.3 is 9.73 Å². The summed E-state index contributed by atoms with van der Waals surface area (Å²) >= 11 is 0. The molecule has 0 spiro atoms. The van der Waals surface area contributed by atoms with Gasteiger partial charge in [-0.05, 0) is 55.7 Å². The van der Waals surface area contributed by atoms with Crippen LogP contribution in [0.3, 0.4) is 0 Å². The van der Waals surface area contributed by atoms with Gasteiger partial charge in [-0.3, -0.25) is 9.10 Å². The van der Waals surface area contributed by atoms with Gasteiger partial charge in [-0.2, -0.15) is 0 Å². The molecule has 1 fully saturated rings. The number of sulfonamides is 1. The van der Waals surface area contributed by atoms with Crippen LogP contribution in [0, 0.1) is 13.8 Å². The number of fused-ring (bicyclic) bond motifs is 1. The summed E-state index contributed by atoms with van der Waals surface area (Å²) in [6.45, 7) is 4.54. The number of benzene rings is 2. The van der Waals surface area contributed by atoms with Crippen LogP contribution in [-0.4, -0.2) is 26.6 Å². The van der Waals surface area contributed by atoms with Crippen LogP contribution in [0.15, 0.2) is 47.1 Å². The summed E-state index contributed by atoms with van der Waals surface area (Å²) in [4.78, 5) is 12.5. The molecule has 1 aromatic heterocycles. The van der Waals surface area contributed by atoms with Gasteiger partial charge in [0.2, 0.25) is 15.9 Å². The van der Waals surface area contributed by atoms with Gasteiger partial charge >= 0.3 is 0 Å². The molecular formula is C21H22N2O4S. The highest BCUT2D eigenvalue weighted by Gasteiger charge is 2.28. The van der Waals surface area contributed by atoms with E-state index in [1.807, 2.05) is 26.0 Å². The van der Waals surface area contributed by atoms with Crippen molar-refractivity contribution in [3.8, 4) is 0 Å². The SMILES string of the molecule is Cc1ccc2c(CC(=O)Nc3ccc(N4CCCS4(=O)=O)cc3)coc2c1C. The zero-order chi connectivity index (χ0) is 19.9. The van der Waals surface area contributed by atoms with E-state index in [0.717, 1.165) is 27.7 Å². The maximum Gasteiger partial charge on any atom is 0.235 e. The maximum atomic E-state index is 12.5.